The van der Waals surface area contributed by atoms with E-state index < -0.39 is 0 Å². The first-order valence-corrected chi connectivity index (χ1v) is 7.27. The van der Waals surface area contributed by atoms with Crippen molar-refractivity contribution in [3.05, 3.63) is 22.7 Å². The lowest BCUT2D eigenvalue weighted by Gasteiger charge is -2.44. The quantitative estimate of drug-likeness (QED) is 0.851. The van der Waals surface area contributed by atoms with Crippen LogP contribution in [-0.4, -0.2) is 44.5 Å². The largest absolute Gasteiger partial charge is 0.497 e. The molecule has 2 rings (SSSR count). The molecule has 19 heavy (non-hydrogen) atoms. The summed E-state index contributed by atoms with van der Waals surface area (Å²) in [4.78, 5) is 7.82. The monoisotopic (exact) mass is 328 g/mol. The molecule has 5 heteroatoms. The van der Waals surface area contributed by atoms with Gasteiger partial charge in [0.1, 0.15) is 5.75 Å². The maximum absolute atomic E-state index is 5.44. The molecule has 1 fully saturated rings. The zero-order valence-electron chi connectivity index (χ0n) is 11.9. The van der Waals surface area contributed by atoms with E-state index in [1.807, 2.05) is 12.1 Å². The van der Waals surface area contributed by atoms with Crippen LogP contribution in [0.2, 0.25) is 0 Å². The Morgan fingerprint density at radius 3 is 2.26 bits per heavy atom. The Balaban J connectivity index is 2.19. The number of benzene rings is 1. The highest BCUT2D eigenvalue weighted by atomic mass is 79.9. The first kappa shape index (κ1) is 14.6. The minimum atomic E-state index is 0.364. The number of piperazine rings is 1. The van der Waals surface area contributed by atoms with Crippen LogP contribution >= 0.6 is 15.9 Å². The molecule has 0 saturated carbocycles. The third-order valence-electron chi connectivity index (χ3n) is 3.54. The second-order valence-corrected chi connectivity index (χ2v) is 5.82. The van der Waals surface area contributed by atoms with Crippen molar-refractivity contribution in [2.24, 2.45) is 0 Å². The van der Waals surface area contributed by atoms with Crippen molar-refractivity contribution in [2.45, 2.75) is 25.9 Å². The maximum Gasteiger partial charge on any atom is 0.120 e. The Kier molecular flexibility index (Phi) is 4.71. The highest BCUT2D eigenvalue weighted by Crippen LogP contribution is 2.32. The second kappa shape index (κ2) is 6.11. The maximum atomic E-state index is 5.44. The van der Waals surface area contributed by atoms with Crippen LogP contribution in [0.3, 0.4) is 0 Å². The first-order valence-electron chi connectivity index (χ1n) is 6.47. The summed E-state index contributed by atoms with van der Waals surface area (Å²) in [6.07, 6.45) is 0. The van der Waals surface area contributed by atoms with Gasteiger partial charge in [-0.05, 0) is 48.0 Å². The van der Waals surface area contributed by atoms with E-state index in [2.05, 4.69) is 45.8 Å². The summed E-state index contributed by atoms with van der Waals surface area (Å²) in [6, 6.07) is 6.83. The van der Waals surface area contributed by atoms with Crippen LogP contribution < -0.4 is 9.64 Å². The number of rotatable bonds is 3. The SMILES string of the molecule is COc1ccc(N2CC(C)N(OC)C(C)C2)c(Br)c1. The fraction of sp³-hybridized carbons (Fsp3) is 0.571. The van der Waals surface area contributed by atoms with Gasteiger partial charge in [-0.25, -0.2) is 0 Å². The number of hydrogen-bond donors (Lipinski definition) is 0. The smallest absolute Gasteiger partial charge is 0.120 e. The topological polar surface area (TPSA) is 24.9 Å². The van der Waals surface area contributed by atoms with Gasteiger partial charge in [-0.3, -0.25) is 0 Å². The summed E-state index contributed by atoms with van der Waals surface area (Å²) >= 11 is 3.63. The molecule has 106 valence electrons. The fourth-order valence-electron chi connectivity index (χ4n) is 2.74. The zero-order chi connectivity index (χ0) is 14.0. The summed E-state index contributed by atoms with van der Waals surface area (Å²) in [7, 11) is 3.43. The number of ether oxygens (including phenoxy) is 1. The van der Waals surface area contributed by atoms with Gasteiger partial charge in [-0.15, -0.1) is 0 Å². The highest BCUT2D eigenvalue weighted by molar-refractivity contribution is 9.10. The molecule has 1 saturated heterocycles. The van der Waals surface area contributed by atoms with E-state index in [9.17, 15) is 0 Å². The predicted octanol–water partition coefficient (Wildman–Crippen LogP) is 2.92. The van der Waals surface area contributed by atoms with Crippen molar-refractivity contribution in [3.8, 4) is 5.75 Å². The molecule has 0 aliphatic carbocycles. The Bertz CT molecular complexity index is 429. The van der Waals surface area contributed by atoms with Crippen LogP contribution in [-0.2, 0) is 4.84 Å². The van der Waals surface area contributed by atoms with E-state index in [0.29, 0.717) is 12.1 Å². The number of methoxy groups -OCH3 is 1. The molecule has 0 N–H and O–H groups in total. The average Bonchev–Trinajstić information content (AvgIpc) is 2.38. The Labute approximate surface area is 123 Å². The molecule has 1 aliphatic heterocycles. The molecule has 0 radical (unpaired) electrons. The second-order valence-electron chi connectivity index (χ2n) is 4.96. The Morgan fingerprint density at radius 2 is 1.79 bits per heavy atom. The van der Waals surface area contributed by atoms with E-state index in [1.165, 1.54) is 5.69 Å². The van der Waals surface area contributed by atoms with Crippen LogP contribution in [0.15, 0.2) is 22.7 Å². The third kappa shape index (κ3) is 3.04. The van der Waals surface area contributed by atoms with Gasteiger partial charge in [0.2, 0.25) is 0 Å². The van der Waals surface area contributed by atoms with Gasteiger partial charge in [0.25, 0.3) is 0 Å². The van der Waals surface area contributed by atoms with Crippen LogP contribution in [0.1, 0.15) is 13.8 Å². The average molecular weight is 329 g/mol. The number of halogens is 1. The van der Waals surface area contributed by atoms with Gasteiger partial charge in [0, 0.05) is 17.6 Å². The lowest BCUT2D eigenvalue weighted by atomic mass is 10.1. The highest BCUT2D eigenvalue weighted by Gasteiger charge is 2.30. The van der Waals surface area contributed by atoms with E-state index in [-0.39, 0.29) is 0 Å². The molecular weight excluding hydrogens is 308 g/mol. The van der Waals surface area contributed by atoms with Gasteiger partial charge in [-0.1, -0.05) is 0 Å². The summed E-state index contributed by atoms with van der Waals surface area (Å²) in [5.41, 5.74) is 1.20. The van der Waals surface area contributed by atoms with E-state index in [4.69, 9.17) is 9.57 Å². The molecule has 1 aliphatic rings. The minimum Gasteiger partial charge on any atom is -0.497 e. The summed E-state index contributed by atoms with van der Waals surface area (Å²) < 4.78 is 6.30. The lowest BCUT2D eigenvalue weighted by Crippen LogP contribution is -2.56. The zero-order valence-corrected chi connectivity index (χ0v) is 13.5. The molecule has 0 spiro atoms. The molecule has 0 aromatic heterocycles. The molecule has 1 aromatic carbocycles. The standard InChI is InChI=1S/C14H21BrN2O2/c1-10-8-16(9-11(2)17(10)19-4)14-6-5-12(18-3)7-13(14)15/h5-7,10-11H,8-9H2,1-4H3. The van der Waals surface area contributed by atoms with Crippen LogP contribution in [0.4, 0.5) is 5.69 Å². The fourth-order valence-corrected chi connectivity index (χ4v) is 3.34. The summed E-state index contributed by atoms with van der Waals surface area (Å²) in [5.74, 6) is 0.868. The van der Waals surface area contributed by atoms with Gasteiger partial charge in [0.15, 0.2) is 0 Å². The van der Waals surface area contributed by atoms with Crippen molar-refractivity contribution in [2.75, 3.05) is 32.2 Å². The van der Waals surface area contributed by atoms with Crippen molar-refractivity contribution in [1.82, 2.24) is 5.06 Å². The molecule has 2 unspecified atom stereocenters. The number of anilines is 1. The minimum absolute atomic E-state index is 0.364. The number of hydrogen-bond acceptors (Lipinski definition) is 4. The van der Waals surface area contributed by atoms with Crippen LogP contribution in [0.25, 0.3) is 0 Å². The third-order valence-corrected chi connectivity index (χ3v) is 4.18. The molecule has 4 nitrogen and oxygen atoms in total. The van der Waals surface area contributed by atoms with Gasteiger partial charge in [-0.2, -0.15) is 5.06 Å². The van der Waals surface area contributed by atoms with Crippen molar-refractivity contribution < 1.29 is 9.57 Å². The van der Waals surface area contributed by atoms with Gasteiger partial charge < -0.3 is 14.5 Å². The summed E-state index contributed by atoms with van der Waals surface area (Å²) in [6.45, 7) is 6.26. The predicted molar refractivity (Wildman–Crippen MR) is 80.7 cm³/mol. The first-order chi connectivity index (χ1) is 9.06. The van der Waals surface area contributed by atoms with Gasteiger partial charge in [0.05, 0.1) is 32.0 Å². The number of hydroxylamine groups is 2. The molecule has 2 atom stereocenters. The van der Waals surface area contributed by atoms with Gasteiger partial charge >= 0.3 is 0 Å². The van der Waals surface area contributed by atoms with E-state index in [1.54, 1.807) is 14.2 Å². The molecular formula is C14H21BrN2O2. The van der Waals surface area contributed by atoms with Crippen molar-refractivity contribution in [3.63, 3.8) is 0 Å². The normalized spacial score (nSPS) is 24.6. The summed E-state index contributed by atoms with van der Waals surface area (Å²) in [5, 5.41) is 2.06. The Morgan fingerprint density at radius 1 is 1.16 bits per heavy atom. The van der Waals surface area contributed by atoms with Crippen LogP contribution in [0.5, 0.6) is 5.75 Å². The molecule has 0 bridgehead atoms. The lowest BCUT2D eigenvalue weighted by molar-refractivity contribution is -0.187. The van der Waals surface area contributed by atoms with Crippen LogP contribution in [0, 0.1) is 0 Å². The molecule has 0 amide bonds. The number of nitrogens with zero attached hydrogens (tertiary/aromatic N) is 2. The van der Waals surface area contributed by atoms with Crippen molar-refractivity contribution >= 4 is 21.6 Å². The molecule has 1 aromatic rings. The molecule has 1 heterocycles. The van der Waals surface area contributed by atoms with E-state index >= 15 is 0 Å². The van der Waals surface area contributed by atoms with Crippen molar-refractivity contribution in [1.29, 1.82) is 0 Å². The Hall–Kier alpha value is -0.780. The van der Waals surface area contributed by atoms with E-state index in [0.717, 1.165) is 23.3 Å².